The van der Waals surface area contributed by atoms with E-state index in [0.717, 1.165) is 50.3 Å². The first kappa shape index (κ1) is 58.5. The Morgan fingerprint density at radius 3 is 0.965 bits per heavy atom. The lowest BCUT2D eigenvalue weighted by atomic mass is 9.91. The van der Waals surface area contributed by atoms with Gasteiger partial charge < -0.3 is 42.6 Å². The molecule has 0 spiro atoms. The molecule has 0 amide bonds. The highest BCUT2D eigenvalue weighted by Crippen LogP contribution is 2.35. The van der Waals surface area contributed by atoms with Crippen molar-refractivity contribution in [3.8, 4) is 34.5 Å². The van der Waals surface area contributed by atoms with E-state index in [1.807, 2.05) is 76.2 Å². The fourth-order valence-corrected chi connectivity index (χ4v) is 10.3. The Kier molecular flexibility index (Phi) is 17.5. The lowest BCUT2D eigenvalue weighted by molar-refractivity contribution is -0.0287. The van der Waals surface area contributed by atoms with Gasteiger partial charge in [-0.25, -0.2) is 24.0 Å². The predicted molar refractivity (Wildman–Crippen MR) is 315 cm³/mol. The molecule has 2 fully saturated rings. The van der Waals surface area contributed by atoms with Crippen molar-refractivity contribution in [3.63, 3.8) is 0 Å². The number of Topliss-reactive ketones (excluding diaryl/α,β-unsaturated/α-hetero) is 1. The van der Waals surface area contributed by atoms with Crippen molar-refractivity contribution in [1.82, 2.24) is 0 Å². The van der Waals surface area contributed by atoms with E-state index >= 15 is 0 Å². The Hall–Kier alpha value is -9.70. The molecule has 10 rings (SSSR count). The van der Waals surface area contributed by atoms with Gasteiger partial charge in [0.15, 0.2) is 18.0 Å². The first-order chi connectivity index (χ1) is 40.9. The second-order valence-electron chi connectivity index (χ2n) is 21.3. The van der Waals surface area contributed by atoms with Crippen molar-refractivity contribution in [2.75, 3.05) is 20.3 Å². The zero-order valence-electron chi connectivity index (χ0n) is 48.2. The van der Waals surface area contributed by atoms with E-state index in [0.29, 0.717) is 45.4 Å². The first-order valence-corrected chi connectivity index (χ1v) is 27.8. The standard InChI is InChI=1S/C70H62O15/c1-39-33-52(21-29-58(39)77-8)43(5)53-22-31-60(41(3)34-53)82-67(73)50-17-25-56(26-18-50)80-57-27-19-51(20-28-57)68(74)83-61-32-24-55(36-42(61)4)44(6)54-23-30-59(40(2)35-54)81-66(72)48-13-15-49(16-14-48)70(76)85-63-38-79-64-62(37-78-65(63)64)84-69(75)47-11-9-46(10-12-47)45(7)71/h9-36,43-44,62-65H,37-38H2,1-8H3. The smallest absolute Gasteiger partial charge is 0.343 e. The third-order valence-electron chi connectivity index (χ3n) is 15.4. The third kappa shape index (κ3) is 13.4. The van der Waals surface area contributed by atoms with Crippen LogP contribution in [0.4, 0.5) is 0 Å². The minimum Gasteiger partial charge on any atom is -0.496 e. The van der Waals surface area contributed by atoms with Gasteiger partial charge in [-0.3, -0.25) is 4.79 Å². The van der Waals surface area contributed by atoms with Gasteiger partial charge in [-0.05, 0) is 188 Å². The molecular formula is C70H62O15. The molecule has 6 unspecified atom stereocenters. The van der Waals surface area contributed by atoms with E-state index in [-0.39, 0.29) is 47.5 Å². The number of carbonyl (C=O) groups is 6. The lowest BCUT2D eigenvalue weighted by Crippen LogP contribution is -2.36. The number of fused-ring (bicyclic) bond motifs is 1. The maximum Gasteiger partial charge on any atom is 0.343 e. The SMILES string of the molecule is COc1ccc(C(C)c2ccc(OC(=O)c3ccc(Oc4ccc(C(=O)Oc5ccc(C(C)c6ccc(OC(=O)c7ccc(C(=O)OC8COC9C(OC(=O)c%10ccc(C(C)=O)cc%10)COC89)cc7)c(C)c6)cc5C)cc4)cc3)c(C)c2)cc1C. The van der Waals surface area contributed by atoms with Gasteiger partial charge in [0.1, 0.15) is 46.7 Å². The number of carbonyl (C=O) groups excluding carboxylic acids is 6. The van der Waals surface area contributed by atoms with Crippen LogP contribution in [0.25, 0.3) is 0 Å². The highest BCUT2D eigenvalue weighted by molar-refractivity contribution is 5.97. The predicted octanol–water partition coefficient (Wildman–Crippen LogP) is 13.4. The van der Waals surface area contributed by atoms with E-state index in [1.54, 1.807) is 79.9 Å². The first-order valence-electron chi connectivity index (χ1n) is 27.8. The van der Waals surface area contributed by atoms with Crippen LogP contribution in [-0.2, 0) is 18.9 Å². The van der Waals surface area contributed by atoms with Crippen molar-refractivity contribution in [3.05, 3.63) is 248 Å². The Bertz CT molecular complexity index is 3830. The van der Waals surface area contributed by atoms with Gasteiger partial charge in [-0.2, -0.15) is 0 Å². The molecule has 8 aromatic rings. The zero-order valence-corrected chi connectivity index (χ0v) is 48.2. The molecule has 2 heterocycles. The van der Waals surface area contributed by atoms with Gasteiger partial charge in [0, 0.05) is 17.4 Å². The fourth-order valence-electron chi connectivity index (χ4n) is 10.3. The number of aryl methyl sites for hydroxylation is 4. The summed E-state index contributed by atoms with van der Waals surface area (Å²) < 4.78 is 51.9. The van der Waals surface area contributed by atoms with Crippen LogP contribution in [0.2, 0.25) is 0 Å². The number of rotatable bonds is 18. The van der Waals surface area contributed by atoms with Gasteiger partial charge in [0.05, 0.1) is 48.1 Å². The Labute approximate surface area is 492 Å². The lowest BCUT2D eigenvalue weighted by Gasteiger charge is -2.17. The number of ether oxygens (including phenoxy) is 9. The van der Waals surface area contributed by atoms with Gasteiger partial charge in [-0.1, -0.05) is 74.5 Å². The van der Waals surface area contributed by atoms with Crippen LogP contribution in [0.3, 0.4) is 0 Å². The molecule has 85 heavy (non-hydrogen) atoms. The average molecular weight is 1140 g/mol. The molecule has 2 saturated heterocycles. The summed E-state index contributed by atoms with van der Waals surface area (Å²) in [5.41, 5.74) is 9.49. The normalized spacial score (nSPS) is 16.7. The second-order valence-corrected chi connectivity index (χ2v) is 21.3. The van der Waals surface area contributed by atoms with Crippen LogP contribution in [0.5, 0.6) is 34.5 Å². The van der Waals surface area contributed by atoms with Crippen molar-refractivity contribution in [2.24, 2.45) is 0 Å². The quantitative estimate of drug-likeness (QED) is 0.0448. The third-order valence-corrected chi connectivity index (χ3v) is 15.4. The summed E-state index contributed by atoms with van der Waals surface area (Å²) >= 11 is 0. The van der Waals surface area contributed by atoms with Crippen LogP contribution in [0.15, 0.2) is 170 Å². The zero-order chi connectivity index (χ0) is 60.1. The summed E-state index contributed by atoms with van der Waals surface area (Å²) in [6, 6.07) is 48.5. The Morgan fingerprint density at radius 1 is 0.388 bits per heavy atom. The van der Waals surface area contributed by atoms with E-state index in [2.05, 4.69) is 26.0 Å². The van der Waals surface area contributed by atoms with Crippen molar-refractivity contribution >= 4 is 35.6 Å². The monoisotopic (exact) mass is 1140 g/mol. The highest BCUT2D eigenvalue weighted by Gasteiger charge is 2.51. The fraction of sp³-hybridized carbons (Fsp3) is 0.229. The van der Waals surface area contributed by atoms with Crippen molar-refractivity contribution in [1.29, 1.82) is 0 Å². The topological polar surface area (TPSA) is 185 Å². The van der Waals surface area contributed by atoms with Crippen LogP contribution in [0.1, 0.15) is 139 Å². The number of esters is 5. The minimum absolute atomic E-state index is 0.0394. The Morgan fingerprint density at radius 2 is 0.671 bits per heavy atom. The molecule has 0 aliphatic carbocycles. The molecule has 2 aliphatic heterocycles. The highest BCUT2D eigenvalue weighted by atomic mass is 16.7. The van der Waals surface area contributed by atoms with Crippen molar-refractivity contribution < 1.29 is 71.4 Å². The van der Waals surface area contributed by atoms with Crippen LogP contribution in [0, 0.1) is 27.7 Å². The van der Waals surface area contributed by atoms with Gasteiger partial charge >= 0.3 is 29.8 Å². The second kappa shape index (κ2) is 25.4. The number of methoxy groups -OCH3 is 1. The summed E-state index contributed by atoms with van der Waals surface area (Å²) in [6.45, 7) is 13.4. The summed E-state index contributed by atoms with van der Waals surface area (Å²) in [5, 5.41) is 0. The summed E-state index contributed by atoms with van der Waals surface area (Å²) in [5.74, 6) is 0.150. The molecule has 8 aromatic carbocycles. The molecule has 0 radical (unpaired) electrons. The number of hydrogen-bond acceptors (Lipinski definition) is 15. The van der Waals surface area contributed by atoms with Crippen molar-refractivity contribution in [2.45, 2.75) is 84.7 Å². The van der Waals surface area contributed by atoms with Gasteiger partial charge in [-0.15, -0.1) is 0 Å². The maximum absolute atomic E-state index is 13.3. The molecule has 15 nitrogen and oxygen atoms in total. The molecule has 15 heteroatoms. The minimum atomic E-state index is -0.753. The van der Waals surface area contributed by atoms with E-state index < -0.39 is 54.3 Å². The van der Waals surface area contributed by atoms with Crippen LogP contribution < -0.4 is 23.7 Å². The van der Waals surface area contributed by atoms with Crippen LogP contribution in [-0.4, -0.2) is 80.4 Å². The molecular weight excluding hydrogens is 1080 g/mol. The molecule has 432 valence electrons. The summed E-state index contributed by atoms with van der Waals surface area (Å²) in [6.07, 6.45) is -2.76. The molecule has 0 N–H and O–H groups in total. The van der Waals surface area contributed by atoms with E-state index in [4.69, 9.17) is 42.6 Å². The maximum atomic E-state index is 13.3. The summed E-state index contributed by atoms with van der Waals surface area (Å²) in [4.78, 5) is 77.4. The Balaban J connectivity index is 0.669. The summed E-state index contributed by atoms with van der Waals surface area (Å²) in [7, 11) is 1.66. The largest absolute Gasteiger partial charge is 0.496 e. The number of hydrogen-bond donors (Lipinski definition) is 0. The molecule has 0 aromatic heterocycles. The molecule has 0 saturated carbocycles. The van der Waals surface area contributed by atoms with E-state index in [1.165, 1.54) is 43.3 Å². The van der Waals surface area contributed by atoms with Gasteiger partial charge in [0.2, 0.25) is 0 Å². The molecule has 0 bridgehead atoms. The molecule has 6 atom stereocenters. The van der Waals surface area contributed by atoms with Gasteiger partial charge in [0.25, 0.3) is 0 Å². The average Bonchev–Trinajstić information content (AvgIpc) is 4.15. The van der Waals surface area contributed by atoms with E-state index in [9.17, 15) is 28.8 Å². The molecule has 2 aliphatic rings. The van der Waals surface area contributed by atoms with Crippen LogP contribution >= 0.6 is 0 Å². The number of ketones is 1. The number of benzene rings is 8.